The highest BCUT2D eigenvalue weighted by Gasteiger charge is 2.15. The number of nitrogens with zero attached hydrogens (tertiary/aromatic N) is 1. The molecule has 30 heavy (non-hydrogen) atoms. The number of urea groups is 1. The third-order valence-electron chi connectivity index (χ3n) is 4.22. The molecule has 0 radical (unpaired) electrons. The first-order chi connectivity index (χ1) is 14.3. The number of carbonyl (C=O) groups is 1. The van der Waals surface area contributed by atoms with Crippen LogP contribution in [0, 0.1) is 0 Å². The average Bonchev–Trinajstić information content (AvgIpc) is 2.73. The van der Waals surface area contributed by atoms with E-state index in [1.165, 1.54) is 24.3 Å². The molecule has 0 unspecified atom stereocenters. The van der Waals surface area contributed by atoms with Crippen LogP contribution in [0.15, 0.2) is 78.0 Å². The van der Waals surface area contributed by atoms with Crippen molar-refractivity contribution in [1.82, 2.24) is 10.3 Å². The van der Waals surface area contributed by atoms with Crippen LogP contribution in [0.1, 0.15) is 24.2 Å². The molecule has 0 fully saturated rings. The number of aliphatic hydroxyl groups is 1. The van der Waals surface area contributed by atoms with Crippen LogP contribution in [0.2, 0.25) is 0 Å². The van der Waals surface area contributed by atoms with E-state index in [4.69, 9.17) is 0 Å². The summed E-state index contributed by atoms with van der Waals surface area (Å²) in [5.74, 6) is 0. The lowest BCUT2D eigenvalue weighted by atomic mass is 10.1. The molecular weight excluding hydrogens is 404 g/mol. The van der Waals surface area contributed by atoms with E-state index in [2.05, 4.69) is 20.3 Å². The van der Waals surface area contributed by atoms with Crippen LogP contribution in [-0.4, -0.2) is 24.5 Å². The summed E-state index contributed by atoms with van der Waals surface area (Å²) in [7, 11) is -3.81. The van der Waals surface area contributed by atoms with E-state index in [0.29, 0.717) is 23.5 Å². The maximum atomic E-state index is 12.6. The van der Waals surface area contributed by atoms with Crippen LogP contribution < -0.4 is 15.4 Å². The number of hydrogen-bond donors (Lipinski definition) is 4. The second-order valence-corrected chi connectivity index (χ2v) is 8.28. The minimum Gasteiger partial charge on any atom is -0.389 e. The van der Waals surface area contributed by atoms with Crippen molar-refractivity contribution in [2.75, 3.05) is 10.0 Å². The third-order valence-corrected chi connectivity index (χ3v) is 5.62. The quantitative estimate of drug-likeness (QED) is 0.462. The average molecular weight is 426 g/mol. The van der Waals surface area contributed by atoms with Gasteiger partial charge in [0, 0.05) is 30.3 Å². The number of nitrogens with one attached hydrogen (secondary N) is 3. The van der Waals surface area contributed by atoms with E-state index in [1.54, 1.807) is 49.6 Å². The van der Waals surface area contributed by atoms with Gasteiger partial charge in [0.05, 0.1) is 11.0 Å². The van der Waals surface area contributed by atoms with E-state index >= 15 is 0 Å². The Bertz CT molecular complexity index is 1100. The zero-order valence-electron chi connectivity index (χ0n) is 16.2. The summed E-state index contributed by atoms with van der Waals surface area (Å²) < 4.78 is 27.7. The summed E-state index contributed by atoms with van der Waals surface area (Å²) in [6.07, 6.45) is 2.60. The third kappa shape index (κ3) is 5.79. The summed E-state index contributed by atoms with van der Waals surface area (Å²) in [5.41, 5.74) is 2.27. The fraction of sp³-hybridized carbons (Fsp3) is 0.143. The Kier molecular flexibility index (Phi) is 6.65. The van der Waals surface area contributed by atoms with E-state index in [0.717, 1.165) is 5.56 Å². The van der Waals surface area contributed by atoms with Crippen molar-refractivity contribution >= 4 is 27.4 Å². The van der Waals surface area contributed by atoms with Gasteiger partial charge in [0.1, 0.15) is 0 Å². The van der Waals surface area contributed by atoms with Crippen molar-refractivity contribution in [3.8, 4) is 0 Å². The van der Waals surface area contributed by atoms with Crippen molar-refractivity contribution in [3.63, 3.8) is 0 Å². The van der Waals surface area contributed by atoms with Crippen molar-refractivity contribution in [3.05, 3.63) is 84.2 Å². The summed E-state index contributed by atoms with van der Waals surface area (Å²) in [4.78, 5) is 16.0. The molecule has 1 aromatic heterocycles. The van der Waals surface area contributed by atoms with Gasteiger partial charge in [-0.15, -0.1) is 0 Å². The maximum Gasteiger partial charge on any atom is 0.319 e. The van der Waals surface area contributed by atoms with E-state index in [9.17, 15) is 18.3 Å². The summed E-state index contributed by atoms with van der Waals surface area (Å²) >= 11 is 0. The Balaban J connectivity index is 1.61. The normalized spacial score (nSPS) is 12.1. The number of pyridine rings is 1. The molecule has 1 atom stereocenters. The van der Waals surface area contributed by atoms with Crippen LogP contribution in [-0.2, 0) is 16.6 Å². The van der Waals surface area contributed by atoms with E-state index < -0.39 is 22.2 Å². The standard InChI is InChI=1S/C21H22N4O4S/c1-15(26)17-5-2-6-19(12-17)25-30(28,29)20-9-7-18(8-10-20)24-21(27)23-14-16-4-3-11-22-13-16/h2-13,15,25-26H,14H2,1H3,(H2,23,24,27)/t15-/m0/s1. The van der Waals surface area contributed by atoms with Crippen molar-refractivity contribution < 1.29 is 18.3 Å². The van der Waals surface area contributed by atoms with Gasteiger partial charge in [-0.25, -0.2) is 13.2 Å². The number of carbonyl (C=O) groups excluding carboxylic acids is 1. The molecule has 0 bridgehead atoms. The van der Waals surface area contributed by atoms with Gasteiger partial charge < -0.3 is 15.7 Å². The van der Waals surface area contributed by atoms with Crippen molar-refractivity contribution in [2.45, 2.75) is 24.5 Å². The number of aliphatic hydroxyl groups excluding tert-OH is 1. The van der Waals surface area contributed by atoms with Crippen LogP contribution >= 0.6 is 0 Å². The second-order valence-electron chi connectivity index (χ2n) is 6.60. The van der Waals surface area contributed by atoms with Crippen molar-refractivity contribution in [1.29, 1.82) is 0 Å². The molecule has 2 amide bonds. The molecule has 0 aliphatic carbocycles. The van der Waals surface area contributed by atoms with Gasteiger partial charge in [0.25, 0.3) is 10.0 Å². The Morgan fingerprint density at radius 3 is 2.50 bits per heavy atom. The Morgan fingerprint density at radius 1 is 1.07 bits per heavy atom. The topological polar surface area (TPSA) is 120 Å². The van der Waals surface area contributed by atoms with Gasteiger partial charge in [-0.3, -0.25) is 9.71 Å². The molecule has 0 aliphatic rings. The molecule has 3 rings (SSSR count). The van der Waals surface area contributed by atoms with Gasteiger partial charge in [-0.05, 0) is 60.5 Å². The molecule has 0 aliphatic heterocycles. The van der Waals surface area contributed by atoms with Gasteiger partial charge in [-0.2, -0.15) is 0 Å². The zero-order valence-corrected chi connectivity index (χ0v) is 17.1. The molecule has 0 spiro atoms. The number of rotatable bonds is 7. The molecule has 0 saturated carbocycles. The van der Waals surface area contributed by atoms with Crippen LogP contribution in [0.5, 0.6) is 0 Å². The number of anilines is 2. The van der Waals surface area contributed by atoms with E-state index in [-0.39, 0.29) is 4.90 Å². The molecule has 2 aromatic carbocycles. The fourth-order valence-corrected chi connectivity index (χ4v) is 3.70. The molecule has 1 heterocycles. The summed E-state index contributed by atoms with van der Waals surface area (Å²) in [5, 5.41) is 15.0. The van der Waals surface area contributed by atoms with E-state index in [1.807, 2.05) is 6.07 Å². The Morgan fingerprint density at radius 2 is 1.83 bits per heavy atom. The van der Waals surface area contributed by atoms with Crippen LogP contribution in [0.3, 0.4) is 0 Å². The predicted molar refractivity (Wildman–Crippen MR) is 114 cm³/mol. The number of sulfonamides is 1. The Labute approximate surface area is 175 Å². The highest BCUT2D eigenvalue weighted by atomic mass is 32.2. The smallest absolute Gasteiger partial charge is 0.319 e. The monoisotopic (exact) mass is 426 g/mol. The summed E-state index contributed by atoms with van der Waals surface area (Å²) in [6, 6.07) is 15.6. The molecule has 8 nitrogen and oxygen atoms in total. The largest absolute Gasteiger partial charge is 0.389 e. The lowest BCUT2D eigenvalue weighted by Gasteiger charge is -2.12. The molecule has 3 aromatic rings. The van der Waals surface area contributed by atoms with Gasteiger partial charge in [0.15, 0.2) is 0 Å². The Hall–Kier alpha value is -3.43. The number of amides is 2. The van der Waals surface area contributed by atoms with Gasteiger partial charge in [-0.1, -0.05) is 18.2 Å². The zero-order chi connectivity index (χ0) is 21.6. The van der Waals surface area contributed by atoms with Crippen LogP contribution in [0.25, 0.3) is 0 Å². The first-order valence-electron chi connectivity index (χ1n) is 9.18. The molecule has 9 heteroatoms. The first-order valence-corrected chi connectivity index (χ1v) is 10.7. The number of aromatic nitrogens is 1. The van der Waals surface area contributed by atoms with Gasteiger partial charge in [0.2, 0.25) is 0 Å². The number of benzene rings is 2. The second kappa shape index (κ2) is 9.38. The fourth-order valence-electron chi connectivity index (χ4n) is 2.65. The summed E-state index contributed by atoms with van der Waals surface area (Å²) in [6.45, 7) is 1.92. The lowest BCUT2D eigenvalue weighted by Crippen LogP contribution is -2.28. The SMILES string of the molecule is C[C@H](O)c1cccc(NS(=O)(=O)c2ccc(NC(=O)NCc3cccnc3)cc2)c1. The van der Waals surface area contributed by atoms with Gasteiger partial charge >= 0.3 is 6.03 Å². The van der Waals surface area contributed by atoms with Crippen molar-refractivity contribution in [2.24, 2.45) is 0 Å². The predicted octanol–water partition coefficient (Wildman–Crippen LogP) is 3.26. The lowest BCUT2D eigenvalue weighted by molar-refractivity contribution is 0.199. The highest BCUT2D eigenvalue weighted by molar-refractivity contribution is 7.92. The molecular formula is C21H22N4O4S. The minimum atomic E-state index is -3.81. The number of hydrogen-bond acceptors (Lipinski definition) is 5. The first kappa shape index (κ1) is 21.3. The maximum absolute atomic E-state index is 12.6. The minimum absolute atomic E-state index is 0.0475. The van der Waals surface area contributed by atoms with Crippen LogP contribution in [0.4, 0.5) is 16.2 Å². The molecule has 4 N–H and O–H groups in total. The molecule has 156 valence electrons. The molecule has 0 saturated heterocycles. The highest BCUT2D eigenvalue weighted by Crippen LogP contribution is 2.21.